The zero-order valence-electron chi connectivity index (χ0n) is 25.2. The molecule has 0 atom stereocenters. The number of guanidine groups is 1. The van der Waals surface area contributed by atoms with Crippen molar-refractivity contribution in [1.29, 1.82) is 0 Å². The van der Waals surface area contributed by atoms with Gasteiger partial charge in [-0.2, -0.15) is 5.10 Å². The second-order valence-corrected chi connectivity index (χ2v) is 11.6. The SMILES string of the molecule is O=C1N(Cc2ccccc2C#Cc2ccccc2)N=C(C2CCCCC2)c2ccccc2N1c1ccc(NC2=NCCN2)cc1. The van der Waals surface area contributed by atoms with Gasteiger partial charge in [-0.1, -0.05) is 85.7 Å². The van der Waals surface area contributed by atoms with Gasteiger partial charge in [-0.15, -0.1) is 0 Å². The zero-order chi connectivity index (χ0) is 30.4. The minimum absolute atomic E-state index is 0.193. The fourth-order valence-corrected chi connectivity index (χ4v) is 6.28. The number of urea groups is 1. The van der Waals surface area contributed by atoms with Gasteiger partial charge in [0.1, 0.15) is 0 Å². The van der Waals surface area contributed by atoms with Crippen molar-refractivity contribution in [3.05, 3.63) is 125 Å². The first-order valence-corrected chi connectivity index (χ1v) is 15.8. The van der Waals surface area contributed by atoms with Crippen LogP contribution in [0.1, 0.15) is 54.4 Å². The lowest BCUT2D eigenvalue weighted by atomic mass is 9.83. The molecule has 2 amide bonds. The first-order valence-electron chi connectivity index (χ1n) is 15.8. The zero-order valence-corrected chi connectivity index (χ0v) is 25.2. The van der Waals surface area contributed by atoms with E-state index in [1.807, 2.05) is 102 Å². The maximum Gasteiger partial charge on any atom is 0.349 e. The van der Waals surface area contributed by atoms with Crippen LogP contribution < -0.4 is 15.5 Å². The van der Waals surface area contributed by atoms with Crippen LogP contribution in [0.25, 0.3) is 0 Å². The molecule has 2 heterocycles. The van der Waals surface area contributed by atoms with Crippen molar-refractivity contribution < 1.29 is 4.79 Å². The molecule has 45 heavy (non-hydrogen) atoms. The van der Waals surface area contributed by atoms with E-state index in [1.165, 1.54) is 19.3 Å². The van der Waals surface area contributed by atoms with E-state index in [4.69, 9.17) is 5.10 Å². The first-order chi connectivity index (χ1) is 22.2. The number of rotatable bonds is 5. The Bertz CT molecular complexity index is 1800. The number of carbonyl (C=O) groups excluding carboxylic acids is 1. The Kier molecular flexibility index (Phi) is 8.28. The topological polar surface area (TPSA) is 72.3 Å². The van der Waals surface area contributed by atoms with Crippen LogP contribution in [0, 0.1) is 17.8 Å². The van der Waals surface area contributed by atoms with Gasteiger partial charge in [-0.3, -0.25) is 9.89 Å². The predicted octanol–water partition coefficient (Wildman–Crippen LogP) is 7.52. The highest BCUT2D eigenvalue weighted by molar-refractivity contribution is 6.13. The summed E-state index contributed by atoms with van der Waals surface area (Å²) < 4.78 is 0. The van der Waals surface area contributed by atoms with E-state index in [0.29, 0.717) is 12.5 Å². The second-order valence-electron chi connectivity index (χ2n) is 11.6. The number of benzene rings is 4. The number of fused-ring (bicyclic) bond motifs is 1. The van der Waals surface area contributed by atoms with E-state index in [-0.39, 0.29) is 6.03 Å². The van der Waals surface area contributed by atoms with Crippen LogP contribution in [0.2, 0.25) is 0 Å². The molecule has 2 N–H and O–H groups in total. The average molecular weight is 593 g/mol. The summed E-state index contributed by atoms with van der Waals surface area (Å²) in [7, 11) is 0. The highest BCUT2D eigenvalue weighted by Gasteiger charge is 2.34. The monoisotopic (exact) mass is 592 g/mol. The van der Waals surface area contributed by atoms with Crippen molar-refractivity contribution in [2.24, 2.45) is 16.0 Å². The van der Waals surface area contributed by atoms with Gasteiger partial charge >= 0.3 is 6.03 Å². The summed E-state index contributed by atoms with van der Waals surface area (Å²) >= 11 is 0. The van der Waals surface area contributed by atoms with Crippen molar-refractivity contribution in [3.63, 3.8) is 0 Å². The molecule has 1 fully saturated rings. The van der Waals surface area contributed by atoms with Gasteiger partial charge in [0.15, 0.2) is 5.96 Å². The van der Waals surface area contributed by atoms with Crippen LogP contribution in [0.3, 0.4) is 0 Å². The number of hydrazone groups is 1. The van der Waals surface area contributed by atoms with E-state index in [1.54, 1.807) is 5.01 Å². The second kappa shape index (κ2) is 13.1. The Morgan fingerprint density at radius 1 is 0.822 bits per heavy atom. The third-order valence-corrected chi connectivity index (χ3v) is 8.57. The standard InChI is InChI=1S/C38H36N6O/c45-38-43(27-31-16-8-7-13-29(31)20-19-28-11-3-1-4-12-28)42-36(30-14-5-2-6-15-30)34-17-9-10-18-35(34)44(38)33-23-21-32(22-24-33)41-37-39-25-26-40-37/h1,3-4,7-13,16-18,21-24,30H,2,5-6,14-15,25-27H2,(H2,39,40,41). The average Bonchev–Trinajstić information content (AvgIpc) is 3.57. The fourth-order valence-electron chi connectivity index (χ4n) is 6.28. The molecule has 4 aromatic rings. The normalized spacial score (nSPS) is 16.5. The molecule has 0 radical (unpaired) electrons. The van der Waals surface area contributed by atoms with E-state index in [0.717, 1.165) is 76.9 Å². The van der Waals surface area contributed by atoms with Crippen LogP contribution in [0.4, 0.5) is 21.9 Å². The lowest BCUT2D eigenvalue weighted by Gasteiger charge is -2.27. The summed E-state index contributed by atoms with van der Waals surface area (Å²) in [6.45, 7) is 1.91. The lowest BCUT2D eigenvalue weighted by Crippen LogP contribution is -2.37. The first kappa shape index (κ1) is 28.4. The Labute approximate surface area is 264 Å². The van der Waals surface area contributed by atoms with Gasteiger partial charge in [0, 0.05) is 34.8 Å². The molecule has 4 aromatic carbocycles. The summed E-state index contributed by atoms with van der Waals surface area (Å²) in [6, 6.07) is 34.0. The minimum atomic E-state index is -0.193. The maximum absolute atomic E-state index is 14.7. The highest BCUT2D eigenvalue weighted by Crippen LogP contribution is 2.38. The molecule has 0 saturated heterocycles. The number of carbonyl (C=O) groups is 1. The Morgan fingerprint density at radius 3 is 2.38 bits per heavy atom. The molecule has 7 nitrogen and oxygen atoms in total. The molecule has 7 heteroatoms. The third kappa shape index (κ3) is 6.32. The Balaban J connectivity index is 1.28. The van der Waals surface area contributed by atoms with E-state index < -0.39 is 0 Å². The van der Waals surface area contributed by atoms with Gasteiger partial charge in [-0.25, -0.2) is 9.80 Å². The van der Waals surface area contributed by atoms with Crippen LogP contribution in [0.15, 0.2) is 113 Å². The van der Waals surface area contributed by atoms with E-state index >= 15 is 0 Å². The summed E-state index contributed by atoms with van der Waals surface area (Å²) in [4.78, 5) is 20.9. The number of hydrogen-bond acceptors (Lipinski definition) is 5. The summed E-state index contributed by atoms with van der Waals surface area (Å²) in [5, 5.41) is 13.4. The van der Waals surface area contributed by atoms with Crippen LogP contribution in [-0.4, -0.2) is 35.8 Å². The maximum atomic E-state index is 14.7. The molecule has 224 valence electrons. The molecule has 1 aliphatic carbocycles. The van der Waals surface area contributed by atoms with Crippen molar-refractivity contribution in [3.8, 4) is 11.8 Å². The predicted molar refractivity (Wildman–Crippen MR) is 182 cm³/mol. The number of amides is 2. The molecule has 0 spiro atoms. The van der Waals surface area contributed by atoms with Crippen LogP contribution in [-0.2, 0) is 6.54 Å². The van der Waals surface area contributed by atoms with Crippen molar-refractivity contribution in [2.75, 3.05) is 23.3 Å². The largest absolute Gasteiger partial charge is 0.354 e. The summed E-state index contributed by atoms with van der Waals surface area (Å²) in [5.74, 6) is 7.70. The molecule has 0 bridgehead atoms. The van der Waals surface area contributed by atoms with Crippen molar-refractivity contribution >= 4 is 34.8 Å². The van der Waals surface area contributed by atoms with Gasteiger partial charge in [0.25, 0.3) is 0 Å². The van der Waals surface area contributed by atoms with Gasteiger partial charge in [0.2, 0.25) is 0 Å². The molecule has 3 aliphatic rings. The quantitative estimate of drug-likeness (QED) is 0.236. The van der Waals surface area contributed by atoms with E-state index in [2.05, 4.69) is 33.5 Å². The molecular formula is C38H36N6O. The van der Waals surface area contributed by atoms with Gasteiger partial charge in [-0.05, 0) is 66.9 Å². The van der Waals surface area contributed by atoms with Crippen molar-refractivity contribution in [2.45, 2.75) is 38.6 Å². The number of anilines is 3. The number of nitrogens with zero attached hydrogens (tertiary/aromatic N) is 4. The number of nitrogens with one attached hydrogen (secondary N) is 2. The lowest BCUT2D eigenvalue weighted by molar-refractivity contribution is 0.207. The fraction of sp³-hybridized carbons (Fsp3) is 0.237. The molecule has 1 saturated carbocycles. The third-order valence-electron chi connectivity index (χ3n) is 8.57. The summed E-state index contributed by atoms with van der Waals surface area (Å²) in [5.41, 5.74) is 7.35. The van der Waals surface area contributed by atoms with Crippen LogP contribution in [0.5, 0.6) is 0 Å². The molecule has 0 aromatic heterocycles. The van der Waals surface area contributed by atoms with Gasteiger partial charge < -0.3 is 10.6 Å². The van der Waals surface area contributed by atoms with Gasteiger partial charge in [0.05, 0.1) is 30.2 Å². The summed E-state index contributed by atoms with van der Waals surface area (Å²) in [6.07, 6.45) is 5.75. The Hall–Kier alpha value is -5.35. The smallest absolute Gasteiger partial charge is 0.349 e. The molecule has 2 aliphatic heterocycles. The number of para-hydroxylation sites is 1. The highest BCUT2D eigenvalue weighted by atomic mass is 16.2. The minimum Gasteiger partial charge on any atom is -0.354 e. The number of aliphatic imine (C=N–C) groups is 1. The molecule has 7 rings (SSSR count). The molecule has 0 unspecified atom stereocenters. The van der Waals surface area contributed by atoms with Crippen LogP contribution >= 0.6 is 0 Å². The number of hydrogen-bond donors (Lipinski definition) is 2. The Morgan fingerprint density at radius 2 is 1.58 bits per heavy atom. The van der Waals surface area contributed by atoms with Crippen molar-refractivity contribution in [1.82, 2.24) is 10.3 Å². The van der Waals surface area contributed by atoms with E-state index in [9.17, 15) is 4.79 Å². The molecular weight excluding hydrogens is 556 g/mol.